The van der Waals surface area contributed by atoms with Gasteiger partial charge in [-0.25, -0.2) is 0 Å². The summed E-state index contributed by atoms with van der Waals surface area (Å²) in [6.07, 6.45) is 3.46. The zero-order valence-electron chi connectivity index (χ0n) is 10.6. The summed E-state index contributed by atoms with van der Waals surface area (Å²) in [4.78, 5) is 4.59. The van der Waals surface area contributed by atoms with Gasteiger partial charge in [0.15, 0.2) is 11.5 Å². The van der Waals surface area contributed by atoms with Gasteiger partial charge in [-0.1, -0.05) is 6.07 Å². The standard InChI is InChI=1S/C14H16N2O2.ClH/c1-2-10-9(4-5-12-13(10)18-8-17-12)11(3-1)14-15-6-7-16-14;/h4-5,11H,1-3,6-8H2,(H,15,16);1H. The molecule has 2 heterocycles. The molecular formula is C14H17ClN2O2. The molecule has 5 heteroatoms. The van der Waals surface area contributed by atoms with E-state index in [2.05, 4.69) is 16.4 Å². The van der Waals surface area contributed by atoms with Gasteiger partial charge in [-0.3, -0.25) is 4.99 Å². The topological polar surface area (TPSA) is 42.9 Å². The number of aliphatic imine (C=N–C) groups is 1. The minimum Gasteiger partial charge on any atom is -0.454 e. The summed E-state index contributed by atoms with van der Waals surface area (Å²) < 4.78 is 11.1. The highest BCUT2D eigenvalue weighted by molar-refractivity contribution is 5.91. The van der Waals surface area contributed by atoms with Crippen molar-refractivity contribution in [2.75, 3.05) is 19.9 Å². The number of hydrogen-bond acceptors (Lipinski definition) is 4. The lowest BCUT2D eigenvalue weighted by Crippen LogP contribution is -2.28. The van der Waals surface area contributed by atoms with E-state index < -0.39 is 0 Å². The third kappa shape index (κ3) is 1.94. The van der Waals surface area contributed by atoms with E-state index in [1.54, 1.807) is 0 Å². The Hall–Kier alpha value is -1.42. The molecule has 2 aliphatic heterocycles. The molecule has 1 atom stereocenters. The van der Waals surface area contributed by atoms with Crippen molar-refractivity contribution in [2.45, 2.75) is 25.2 Å². The van der Waals surface area contributed by atoms with Crippen LogP contribution in [0, 0.1) is 0 Å². The minimum atomic E-state index is 0. The van der Waals surface area contributed by atoms with Crippen molar-refractivity contribution >= 4 is 18.2 Å². The van der Waals surface area contributed by atoms with Gasteiger partial charge in [0, 0.05) is 18.0 Å². The Morgan fingerprint density at radius 3 is 3.05 bits per heavy atom. The second kappa shape index (κ2) is 4.93. The maximum absolute atomic E-state index is 5.63. The molecule has 1 unspecified atom stereocenters. The second-order valence-corrected chi connectivity index (χ2v) is 5.01. The first-order valence-electron chi connectivity index (χ1n) is 6.63. The number of amidine groups is 1. The molecular weight excluding hydrogens is 264 g/mol. The molecule has 1 aromatic rings. The number of halogens is 1. The van der Waals surface area contributed by atoms with Crippen LogP contribution in [0.15, 0.2) is 17.1 Å². The minimum absolute atomic E-state index is 0. The van der Waals surface area contributed by atoms with Crippen molar-refractivity contribution in [3.05, 3.63) is 23.3 Å². The fraction of sp³-hybridized carbons (Fsp3) is 0.500. The van der Waals surface area contributed by atoms with Gasteiger partial charge in [0.25, 0.3) is 0 Å². The van der Waals surface area contributed by atoms with Crippen molar-refractivity contribution in [1.29, 1.82) is 0 Å². The normalized spacial score (nSPS) is 23.2. The molecule has 4 rings (SSSR count). The lowest BCUT2D eigenvalue weighted by atomic mass is 9.81. The lowest BCUT2D eigenvalue weighted by Gasteiger charge is -2.26. The quantitative estimate of drug-likeness (QED) is 0.858. The van der Waals surface area contributed by atoms with E-state index >= 15 is 0 Å². The molecule has 0 saturated heterocycles. The van der Waals surface area contributed by atoms with Crippen LogP contribution in [0.4, 0.5) is 0 Å². The number of ether oxygens (including phenoxy) is 2. The van der Waals surface area contributed by atoms with Crippen LogP contribution in [0.5, 0.6) is 11.5 Å². The lowest BCUT2D eigenvalue weighted by molar-refractivity contribution is 0.173. The number of nitrogens with zero attached hydrogens (tertiary/aromatic N) is 1. The van der Waals surface area contributed by atoms with E-state index in [-0.39, 0.29) is 12.4 Å². The van der Waals surface area contributed by atoms with E-state index in [1.165, 1.54) is 24.0 Å². The Morgan fingerprint density at radius 1 is 1.26 bits per heavy atom. The van der Waals surface area contributed by atoms with Gasteiger partial charge in [0.1, 0.15) is 5.84 Å². The van der Waals surface area contributed by atoms with Gasteiger partial charge in [-0.2, -0.15) is 0 Å². The largest absolute Gasteiger partial charge is 0.454 e. The molecule has 0 amide bonds. The van der Waals surface area contributed by atoms with Crippen LogP contribution < -0.4 is 14.8 Å². The number of rotatable bonds is 1. The number of nitrogens with one attached hydrogen (secondary N) is 1. The van der Waals surface area contributed by atoms with Crippen molar-refractivity contribution < 1.29 is 9.47 Å². The van der Waals surface area contributed by atoms with Gasteiger partial charge in [-0.15, -0.1) is 12.4 Å². The Morgan fingerprint density at radius 2 is 2.21 bits per heavy atom. The van der Waals surface area contributed by atoms with Crippen LogP contribution in [0.2, 0.25) is 0 Å². The summed E-state index contributed by atoms with van der Waals surface area (Å²) in [5.41, 5.74) is 2.70. The highest BCUT2D eigenvalue weighted by Crippen LogP contribution is 2.44. The highest BCUT2D eigenvalue weighted by atomic mass is 35.5. The van der Waals surface area contributed by atoms with Crippen LogP contribution in [0.3, 0.4) is 0 Å². The van der Waals surface area contributed by atoms with Crippen LogP contribution in [-0.2, 0) is 6.42 Å². The van der Waals surface area contributed by atoms with Crippen molar-refractivity contribution in [1.82, 2.24) is 5.32 Å². The number of fused-ring (bicyclic) bond motifs is 3. The predicted molar refractivity (Wildman–Crippen MR) is 75.8 cm³/mol. The Labute approximate surface area is 118 Å². The van der Waals surface area contributed by atoms with Gasteiger partial charge in [0.2, 0.25) is 6.79 Å². The molecule has 0 saturated carbocycles. The molecule has 0 spiro atoms. The molecule has 19 heavy (non-hydrogen) atoms. The van der Waals surface area contributed by atoms with E-state index in [0.717, 1.165) is 36.8 Å². The summed E-state index contributed by atoms with van der Waals surface area (Å²) in [5, 5.41) is 3.41. The molecule has 4 nitrogen and oxygen atoms in total. The Kier molecular flexibility index (Phi) is 3.27. The Bertz CT molecular complexity index is 530. The zero-order chi connectivity index (χ0) is 11.9. The Balaban J connectivity index is 0.00000110. The summed E-state index contributed by atoms with van der Waals surface area (Å²) in [6.45, 7) is 2.24. The average Bonchev–Trinajstić information content (AvgIpc) is 3.09. The summed E-state index contributed by atoms with van der Waals surface area (Å²) in [7, 11) is 0. The van der Waals surface area contributed by atoms with Crippen LogP contribution in [-0.4, -0.2) is 25.7 Å². The number of benzene rings is 1. The molecule has 102 valence electrons. The third-order valence-electron chi connectivity index (χ3n) is 4.00. The smallest absolute Gasteiger partial charge is 0.231 e. The molecule has 0 bridgehead atoms. The first kappa shape index (κ1) is 12.6. The second-order valence-electron chi connectivity index (χ2n) is 5.01. The maximum atomic E-state index is 5.63. The predicted octanol–water partition coefficient (Wildman–Crippen LogP) is 2.26. The SMILES string of the molecule is Cl.c1cc2c(c3c1OCO3)CCCC2C1=NCCN1. The molecule has 1 aromatic carbocycles. The van der Waals surface area contributed by atoms with Gasteiger partial charge >= 0.3 is 0 Å². The molecule has 1 aliphatic carbocycles. The van der Waals surface area contributed by atoms with E-state index in [0.29, 0.717) is 12.7 Å². The highest BCUT2D eigenvalue weighted by Gasteiger charge is 2.30. The van der Waals surface area contributed by atoms with E-state index in [1.807, 2.05) is 6.07 Å². The maximum Gasteiger partial charge on any atom is 0.231 e. The zero-order valence-corrected chi connectivity index (χ0v) is 11.5. The summed E-state index contributed by atoms with van der Waals surface area (Å²) in [5.74, 6) is 3.45. The van der Waals surface area contributed by atoms with Crippen LogP contribution in [0.1, 0.15) is 29.9 Å². The van der Waals surface area contributed by atoms with Gasteiger partial charge in [-0.05, 0) is 30.9 Å². The first-order chi connectivity index (χ1) is 8.93. The molecule has 0 aromatic heterocycles. The fourth-order valence-corrected chi connectivity index (χ4v) is 3.20. The third-order valence-corrected chi connectivity index (χ3v) is 4.00. The van der Waals surface area contributed by atoms with Crippen molar-refractivity contribution in [2.24, 2.45) is 4.99 Å². The van der Waals surface area contributed by atoms with E-state index in [9.17, 15) is 0 Å². The van der Waals surface area contributed by atoms with Gasteiger partial charge in [0.05, 0.1) is 6.54 Å². The van der Waals surface area contributed by atoms with Gasteiger partial charge < -0.3 is 14.8 Å². The fourth-order valence-electron chi connectivity index (χ4n) is 3.20. The average molecular weight is 281 g/mol. The van der Waals surface area contributed by atoms with Crippen LogP contribution >= 0.6 is 12.4 Å². The summed E-state index contributed by atoms with van der Waals surface area (Å²) >= 11 is 0. The van der Waals surface area contributed by atoms with Crippen LogP contribution in [0.25, 0.3) is 0 Å². The molecule has 1 N–H and O–H groups in total. The van der Waals surface area contributed by atoms with Crippen molar-refractivity contribution in [3.8, 4) is 11.5 Å². The number of hydrogen-bond donors (Lipinski definition) is 1. The monoisotopic (exact) mass is 280 g/mol. The first-order valence-corrected chi connectivity index (χ1v) is 6.63. The van der Waals surface area contributed by atoms with Crippen molar-refractivity contribution in [3.63, 3.8) is 0 Å². The molecule has 3 aliphatic rings. The molecule has 0 radical (unpaired) electrons. The summed E-state index contributed by atoms with van der Waals surface area (Å²) in [6, 6.07) is 4.23. The van der Waals surface area contributed by atoms with E-state index in [4.69, 9.17) is 9.47 Å². The molecule has 0 fully saturated rings.